The number of hydrogen-bond donors (Lipinski definition) is 1. The molecular weight excluding hydrogens is 316 g/mol. The number of hydrogen-bond acceptors (Lipinski definition) is 3. The third kappa shape index (κ3) is 3.98. The molecule has 1 saturated carbocycles. The Morgan fingerprint density at radius 1 is 1.23 bits per heavy atom. The second kappa shape index (κ2) is 8.23. The van der Waals surface area contributed by atoms with Crippen LogP contribution in [0.1, 0.15) is 37.3 Å². The molecule has 3 atom stereocenters. The summed E-state index contributed by atoms with van der Waals surface area (Å²) in [5.41, 5.74) is 7.33. The van der Waals surface area contributed by atoms with Crippen molar-refractivity contribution in [2.24, 2.45) is 11.7 Å². The van der Waals surface area contributed by atoms with Crippen LogP contribution in [0.2, 0.25) is 0 Å². The number of rotatable bonds is 2. The molecule has 2 fully saturated rings. The highest BCUT2D eigenvalue weighted by molar-refractivity contribution is 7.99. The van der Waals surface area contributed by atoms with Crippen molar-refractivity contribution in [2.75, 3.05) is 18.1 Å². The van der Waals surface area contributed by atoms with Crippen LogP contribution < -0.4 is 5.73 Å². The van der Waals surface area contributed by atoms with E-state index in [1.165, 1.54) is 5.56 Å². The third-order valence-electron chi connectivity index (χ3n) is 4.66. The minimum absolute atomic E-state index is 0. The van der Waals surface area contributed by atoms with Crippen molar-refractivity contribution in [3.63, 3.8) is 0 Å². The molecule has 1 aliphatic heterocycles. The molecule has 1 heterocycles. The molecule has 1 amide bonds. The lowest BCUT2D eigenvalue weighted by atomic mass is 9.85. The minimum Gasteiger partial charge on any atom is -0.334 e. The molecule has 3 nitrogen and oxygen atoms in total. The van der Waals surface area contributed by atoms with Gasteiger partial charge in [0.2, 0.25) is 5.91 Å². The molecule has 122 valence electrons. The Kier molecular flexibility index (Phi) is 6.60. The molecule has 3 unspecified atom stereocenters. The SMILES string of the molecule is Cl.NC1CCCC(C(=O)N2CCSCC2c2ccccc2)C1. The maximum atomic E-state index is 12.9. The van der Waals surface area contributed by atoms with Gasteiger partial charge in [-0.2, -0.15) is 11.8 Å². The van der Waals surface area contributed by atoms with Crippen molar-refractivity contribution in [3.8, 4) is 0 Å². The van der Waals surface area contributed by atoms with Gasteiger partial charge >= 0.3 is 0 Å². The van der Waals surface area contributed by atoms with E-state index < -0.39 is 0 Å². The van der Waals surface area contributed by atoms with Gasteiger partial charge in [-0.15, -0.1) is 12.4 Å². The zero-order chi connectivity index (χ0) is 14.7. The summed E-state index contributed by atoms with van der Waals surface area (Å²) in [5.74, 6) is 2.53. The predicted octanol–water partition coefficient (Wildman–Crippen LogP) is 3.24. The molecule has 0 radical (unpaired) electrons. The minimum atomic E-state index is 0. The van der Waals surface area contributed by atoms with Crippen LogP contribution >= 0.6 is 24.2 Å². The second-order valence-electron chi connectivity index (χ2n) is 6.16. The molecule has 5 heteroatoms. The Morgan fingerprint density at radius 2 is 2.00 bits per heavy atom. The standard InChI is InChI=1S/C17H24N2OS.ClH/c18-15-8-4-7-14(11-15)17(20)19-9-10-21-12-16(19)13-5-2-1-3-6-13;/h1-3,5-6,14-16H,4,7-12,18H2;1H. The Labute approximate surface area is 143 Å². The fraction of sp³-hybridized carbons (Fsp3) is 0.588. The molecule has 0 aromatic heterocycles. The lowest BCUT2D eigenvalue weighted by Crippen LogP contribution is -2.46. The van der Waals surface area contributed by atoms with Gasteiger partial charge in [-0.05, 0) is 24.8 Å². The van der Waals surface area contributed by atoms with Crippen molar-refractivity contribution in [1.82, 2.24) is 4.90 Å². The average Bonchev–Trinajstić information content (AvgIpc) is 2.55. The van der Waals surface area contributed by atoms with Crippen molar-refractivity contribution < 1.29 is 4.79 Å². The Morgan fingerprint density at radius 3 is 2.73 bits per heavy atom. The maximum Gasteiger partial charge on any atom is 0.226 e. The summed E-state index contributed by atoms with van der Waals surface area (Å²) in [5, 5.41) is 0. The van der Waals surface area contributed by atoms with Crippen molar-refractivity contribution in [2.45, 2.75) is 37.8 Å². The van der Waals surface area contributed by atoms with E-state index in [-0.39, 0.29) is 30.4 Å². The summed E-state index contributed by atoms with van der Waals surface area (Å²) < 4.78 is 0. The highest BCUT2D eigenvalue weighted by Crippen LogP contribution is 2.33. The average molecular weight is 341 g/mol. The zero-order valence-corrected chi connectivity index (χ0v) is 14.5. The fourth-order valence-electron chi connectivity index (χ4n) is 3.51. The summed E-state index contributed by atoms with van der Waals surface area (Å²) in [6.07, 6.45) is 4.04. The van der Waals surface area contributed by atoms with Crippen LogP contribution in [0.15, 0.2) is 30.3 Å². The Bertz CT molecular complexity index is 485. The highest BCUT2D eigenvalue weighted by atomic mass is 35.5. The molecule has 0 bridgehead atoms. The molecule has 1 aromatic carbocycles. The summed E-state index contributed by atoms with van der Waals surface area (Å²) >= 11 is 1.95. The molecular formula is C17H25ClN2OS. The van der Waals surface area contributed by atoms with Crippen LogP contribution in [-0.4, -0.2) is 34.9 Å². The van der Waals surface area contributed by atoms with Gasteiger partial charge in [-0.1, -0.05) is 36.8 Å². The van der Waals surface area contributed by atoms with E-state index >= 15 is 0 Å². The molecule has 1 saturated heterocycles. The first-order valence-corrected chi connectivity index (χ1v) is 9.10. The normalized spacial score (nSPS) is 28.8. The maximum absolute atomic E-state index is 12.9. The summed E-state index contributed by atoms with van der Waals surface area (Å²) in [4.78, 5) is 15.1. The monoisotopic (exact) mass is 340 g/mol. The summed E-state index contributed by atoms with van der Waals surface area (Å²) in [7, 11) is 0. The number of amides is 1. The number of nitrogens with zero attached hydrogens (tertiary/aromatic N) is 1. The Balaban J connectivity index is 0.00000176. The van der Waals surface area contributed by atoms with Gasteiger partial charge in [-0.25, -0.2) is 0 Å². The largest absolute Gasteiger partial charge is 0.334 e. The first kappa shape index (κ1) is 17.6. The van der Waals surface area contributed by atoms with Crippen LogP contribution in [-0.2, 0) is 4.79 Å². The number of carbonyl (C=O) groups is 1. The van der Waals surface area contributed by atoms with Gasteiger partial charge in [-0.3, -0.25) is 4.79 Å². The first-order valence-electron chi connectivity index (χ1n) is 7.94. The molecule has 1 aromatic rings. The predicted molar refractivity (Wildman–Crippen MR) is 95.4 cm³/mol. The van der Waals surface area contributed by atoms with Gasteiger partial charge in [0.15, 0.2) is 0 Å². The van der Waals surface area contributed by atoms with Crippen LogP contribution in [0.4, 0.5) is 0 Å². The Hall–Kier alpha value is -0.710. The van der Waals surface area contributed by atoms with Crippen molar-refractivity contribution >= 4 is 30.1 Å². The molecule has 0 spiro atoms. The lowest BCUT2D eigenvalue weighted by molar-refractivity contribution is -0.138. The summed E-state index contributed by atoms with van der Waals surface area (Å²) in [6.45, 7) is 0.870. The van der Waals surface area contributed by atoms with E-state index in [2.05, 4.69) is 29.2 Å². The molecule has 2 N–H and O–H groups in total. The van der Waals surface area contributed by atoms with Gasteiger partial charge < -0.3 is 10.6 Å². The number of benzene rings is 1. The topological polar surface area (TPSA) is 46.3 Å². The van der Waals surface area contributed by atoms with E-state index in [0.717, 1.165) is 43.7 Å². The van der Waals surface area contributed by atoms with Crippen molar-refractivity contribution in [1.29, 1.82) is 0 Å². The van der Waals surface area contributed by atoms with Crippen LogP contribution in [0.3, 0.4) is 0 Å². The van der Waals surface area contributed by atoms with Crippen LogP contribution in [0, 0.1) is 5.92 Å². The second-order valence-corrected chi connectivity index (χ2v) is 7.31. The van der Waals surface area contributed by atoms with Gasteiger partial charge in [0.05, 0.1) is 6.04 Å². The fourth-order valence-corrected chi connectivity index (χ4v) is 4.59. The molecule has 1 aliphatic carbocycles. The number of halogens is 1. The number of nitrogens with two attached hydrogens (primary N) is 1. The quantitative estimate of drug-likeness (QED) is 0.899. The smallest absolute Gasteiger partial charge is 0.226 e. The molecule has 22 heavy (non-hydrogen) atoms. The lowest BCUT2D eigenvalue weighted by Gasteiger charge is -2.39. The molecule has 3 rings (SSSR count). The van der Waals surface area contributed by atoms with Gasteiger partial charge in [0, 0.05) is 30.0 Å². The highest BCUT2D eigenvalue weighted by Gasteiger charge is 2.34. The van der Waals surface area contributed by atoms with E-state index in [1.54, 1.807) is 0 Å². The van der Waals surface area contributed by atoms with Crippen LogP contribution in [0.5, 0.6) is 0 Å². The zero-order valence-electron chi connectivity index (χ0n) is 12.8. The van der Waals surface area contributed by atoms with E-state index in [4.69, 9.17) is 5.73 Å². The van der Waals surface area contributed by atoms with E-state index in [0.29, 0.717) is 5.91 Å². The number of thioether (sulfide) groups is 1. The number of carbonyl (C=O) groups excluding carboxylic acids is 1. The van der Waals surface area contributed by atoms with E-state index in [9.17, 15) is 4.79 Å². The molecule has 2 aliphatic rings. The van der Waals surface area contributed by atoms with E-state index in [1.807, 2.05) is 17.8 Å². The first-order chi connectivity index (χ1) is 10.3. The summed E-state index contributed by atoms with van der Waals surface area (Å²) in [6, 6.07) is 10.9. The van der Waals surface area contributed by atoms with Gasteiger partial charge in [0.25, 0.3) is 0 Å². The van der Waals surface area contributed by atoms with Crippen molar-refractivity contribution in [3.05, 3.63) is 35.9 Å². The van der Waals surface area contributed by atoms with Gasteiger partial charge in [0.1, 0.15) is 0 Å². The third-order valence-corrected chi connectivity index (χ3v) is 5.68. The van der Waals surface area contributed by atoms with Crippen LogP contribution in [0.25, 0.3) is 0 Å².